The number of nitrogens with two attached hydrogens (primary N) is 1. The van der Waals surface area contributed by atoms with Crippen LogP contribution in [-0.2, 0) is 4.74 Å². The predicted octanol–water partition coefficient (Wildman–Crippen LogP) is 1.33. The molecule has 0 fully saturated rings. The van der Waals surface area contributed by atoms with Gasteiger partial charge in [0.2, 0.25) is 0 Å². The predicted molar refractivity (Wildman–Crippen MR) is 52.2 cm³/mol. The lowest BCUT2D eigenvalue weighted by Gasteiger charge is -2.24. The first-order valence-electron chi connectivity index (χ1n) is 4.10. The Morgan fingerprint density at radius 2 is 2.00 bits per heavy atom. The Morgan fingerprint density at radius 1 is 1.54 bits per heavy atom. The van der Waals surface area contributed by atoms with Crippen molar-refractivity contribution in [1.82, 2.24) is 4.90 Å². The van der Waals surface area contributed by atoms with E-state index in [1.807, 2.05) is 20.8 Å². The summed E-state index contributed by atoms with van der Waals surface area (Å²) in [5.41, 5.74) is 5.32. The quantitative estimate of drug-likeness (QED) is 0.707. The van der Waals surface area contributed by atoms with Crippen molar-refractivity contribution < 1.29 is 9.53 Å². The number of carbonyl (C=O) groups excluding carboxylic acids is 1. The second-order valence-corrected chi connectivity index (χ2v) is 3.99. The van der Waals surface area contributed by atoms with E-state index in [2.05, 4.69) is 6.58 Å². The average molecular weight is 186 g/mol. The summed E-state index contributed by atoms with van der Waals surface area (Å²) < 4.78 is 5.09. The zero-order valence-electron chi connectivity index (χ0n) is 8.76. The van der Waals surface area contributed by atoms with Crippen LogP contribution in [0.25, 0.3) is 0 Å². The van der Waals surface area contributed by atoms with Gasteiger partial charge in [0, 0.05) is 12.7 Å². The number of hydrogen-bond donors (Lipinski definition) is 1. The molecule has 76 valence electrons. The van der Waals surface area contributed by atoms with E-state index < -0.39 is 5.60 Å². The lowest BCUT2D eigenvalue weighted by Crippen LogP contribution is -2.36. The summed E-state index contributed by atoms with van der Waals surface area (Å²) in [5, 5.41) is 0. The standard InChI is InChI=1S/C9H18N2O2/c1-7(10)6-11(5)8(12)13-9(2,3)4/h1,6,10H2,2-5H3. The van der Waals surface area contributed by atoms with E-state index in [4.69, 9.17) is 10.5 Å². The molecule has 0 atom stereocenters. The van der Waals surface area contributed by atoms with Crippen LogP contribution in [0.1, 0.15) is 20.8 Å². The summed E-state index contributed by atoms with van der Waals surface area (Å²) >= 11 is 0. The summed E-state index contributed by atoms with van der Waals surface area (Å²) in [7, 11) is 1.62. The van der Waals surface area contributed by atoms with Crippen molar-refractivity contribution in [3.8, 4) is 0 Å². The van der Waals surface area contributed by atoms with E-state index in [-0.39, 0.29) is 6.09 Å². The van der Waals surface area contributed by atoms with E-state index in [1.165, 1.54) is 4.90 Å². The monoisotopic (exact) mass is 186 g/mol. The van der Waals surface area contributed by atoms with Crippen LogP contribution in [0.3, 0.4) is 0 Å². The molecule has 0 aliphatic heterocycles. The molecule has 0 spiro atoms. The zero-order valence-corrected chi connectivity index (χ0v) is 8.76. The van der Waals surface area contributed by atoms with Crippen molar-refractivity contribution >= 4 is 6.09 Å². The van der Waals surface area contributed by atoms with Gasteiger partial charge in [0.15, 0.2) is 0 Å². The molecule has 0 radical (unpaired) electrons. The number of rotatable bonds is 2. The van der Waals surface area contributed by atoms with Gasteiger partial charge in [-0.05, 0) is 20.8 Å². The topological polar surface area (TPSA) is 55.6 Å². The average Bonchev–Trinajstić information content (AvgIpc) is 1.81. The highest BCUT2D eigenvalue weighted by Crippen LogP contribution is 2.08. The minimum atomic E-state index is -0.471. The highest BCUT2D eigenvalue weighted by atomic mass is 16.6. The smallest absolute Gasteiger partial charge is 0.410 e. The molecule has 0 heterocycles. The van der Waals surface area contributed by atoms with Gasteiger partial charge in [-0.25, -0.2) is 4.79 Å². The third-order valence-electron chi connectivity index (χ3n) is 1.15. The Kier molecular flexibility index (Phi) is 3.78. The van der Waals surface area contributed by atoms with Crippen LogP contribution < -0.4 is 5.73 Å². The Hall–Kier alpha value is -1.19. The first kappa shape index (κ1) is 11.8. The number of carbonyl (C=O) groups is 1. The van der Waals surface area contributed by atoms with Crippen molar-refractivity contribution in [3.05, 3.63) is 12.3 Å². The Balaban J connectivity index is 4.05. The van der Waals surface area contributed by atoms with Crippen molar-refractivity contribution in [3.63, 3.8) is 0 Å². The van der Waals surface area contributed by atoms with Crippen molar-refractivity contribution in [2.75, 3.05) is 13.6 Å². The molecule has 4 heteroatoms. The van der Waals surface area contributed by atoms with Crippen molar-refractivity contribution in [2.45, 2.75) is 26.4 Å². The molecule has 0 saturated heterocycles. The number of nitrogens with zero attached hydrogens (tertiary/aromatic N) is 1. The van der Waals surface area contributed by atoms with Crippen LogP contribution in [0.4, 0.5) is 4.79 Å². The maximum Gasteiger partial charge on any atom is 0.410 e. The highest BCUT2D eigenvalue weighted by Gasteiger charge is 2.19. The maximum atomic E-state index is 11.3. The summed E-state index contributed by atoms with van der Waals surface area (Å²) in [6.45, 7) is 9.26. The summed E-state index contributed by atoms with van der Waals surface area (Å²) in [4.78, 5) is 12.7. The molecule has 1 amide bonds. The van der Waals surface area contributed by atoms with Crippen molar-refractivity contribution in [2.24, 2.45) is 5.73 Å². The largest absolute Gasteiger partial charge is 0.444 e. The Labute approximate surface area is 79.3 Å². The van der Waals surface area contributed by atoms with Gasteiger partial charge in [-0.1, -0.05) is 6.58 Å². The zero-order chi connectivity index (χ0) is 10.6. The summed E-state index contributed by atoms with van der Waals surface area (Å²) in [6, 6.07) is 0. The van der Waals surface area contributed by atoms with E-state index in [0.717, 1.165) is 0 Å². The van der Waals surface area contributed by atoms with Gasteiger partial charge in [0.1, 0.15) is 5.60 Å². The molecule has 0 aromatic carbocycles. The second kappa shape index (κ2) is 4.16. The molecule has 0 aromatic rings. The fraction of sp³-hybridized carbons (Fsp3) is 0.667. The van der Waals surface area contributed by atoms with E-state index in [9.17, 15) is 4.79 Å². The molecule has 13 heavy (non-hydrogen) atoms. The third-order valence-corrected chi connectivity index (χ3v) is 1.15. The van der Waals surface area contributed by atoms with Crippen LogP contribution in [0.15, 0.2) is 12.3 Å². The highest BCUT2D eigenvalue weighted by molar-refractivity contribution is 5.68. The molecule has 0 unspecified atom stereocenters. The molecule has 0 aliphatic rings. The number of hydrogen-bond acceptors (Lipinski definition) is 3. The minimum Gasteiger partial charge on any atom is -0.444 e. The fourth-order valence-corrected chi connectivity index (χ4v) is 0.709. The fourth-order valence-electron chi connectivity index (χ4n) is 0.709. The molecular formula is C9H18N2O2. The van der Waals surface area contributed by atoms with E-state index >= 15 is 0 Å². The number of ether oxygens (including phenoxy) is 1. The van der Waals surface area contributed by atoms with Crippen LogP contribution in [0.5, 0.6) is 0 Å². The first-order valence-corrected chi connectivity index (χ1v) is 4.10. The molecule has 0 saturated carbocycles. The number of likely N-dealkylation sites (N-methyl/N-ethyl adjacent to an activating group) is 1. The van der Waals surface area contributed by atoms with Crippen LogP contribution >= 0.6 is 0 Å². The van der Waals surface area contributed by atoms with Gasteiger partial charge in [-0.3, -0.25) is 0 Å². The first-order chi connectivity index (χ1) is 5.72. The van der Waals surface area contributed by atoms with Gasteiger partial charge < -0.3 is 15.4 Å². The van der Waals surface area contributed by atoms with Gasteiger partial charge >= 0.3 is 6.09 Å². The molecule has 0 bridgehead atoms. The van der Waals surface area contributed by atoms with E-state index in [0.29, 0.717) is 12.2 Å². The SMILES string of the molecule is C=C(N)CN(C)C(=O)OC(C)(C)C. The molecule has 4 nitrogen and oxygen atoms in total. The van der Waals surface area contributed by atoms with Crippen molar-refractivity contribution in [1.29, 1.82) is 0 Å². The molecule has 0 aromatic heterocycles. The van der Waals surface area contributed by atoms with E-state index in [1.54, 1.807) is 7.05 Å². The lowest BCUT2D eigenvalue weighted by molar-refractivity contribution is 0.0313. The van der Waals surface area contributed by atoms with Crippen LogP contribution in [-0.4, -0.2) is 30.2 Å². The second-order valence-electron chi connectivity index (χ2n) is 3.99. The molecule has 0 aliphatic carbocycles. The minimum absolute atomic E-state index is 0.314. The van der Waals surface area contributed by atoms with Gasteiger partial charge in [-0.2, -0.15) is 0 Å². The Bertz CT molecular complexity index is 206. The number of amides is 1. The maximum absolute atomic E-state index is 11.3. The lowest BCUT2D eigenvalue weighted by atomic mass is 10.2. The van der Waals surface area contributed by atoms with Crippen LogP contribution in [0, 0.1) is 0 Å². The Morgan fingerprint density at radius 3 is 2.31 bits per heavy atom. The summed E-state index contributed by atoms with van der Waals surface area (Å²) in [5.74, 6) is 0. The third kappa shape index (κ3) is 6.02. The van der Waals surface area contributed by atoms with Crippen LogP contribution in [0.2, 0.25) is 0 Å². The molecule has 2 N–H and O–H groups in total. The molecule has 0 rings (SSSR count). The normalized spacial score (nSPS) is 10.8. The van der Waals surface area contributed by atoms with Gasteiger partial charge in [-0.15, -0.1) is 0 Å². The van der Waals surface area contributed by atoms with Gasteiger partial charge in [0.25, 0.3) is 0 Å². The molecular weight excluding hydrogens is 168 g/mol. The summed E-state index contributed by atoms with van der Waals surface area (Å²) in [6.07, 6.45) is -0.390. The van der Waals surface area contributed by atoms with Gasteiger partial charge in [0.05, 0.1) is 6.54 Å².